The molecule has 1 N–H and O–H groups in total. The molecule has 5 heterocycles. The van der Waals surface area contributed by atoms with E-state index in [-0.39, 0.29) is 29.6 Å². The lowest BCUT2D eigenvalue weighted by atomic mass is 9.75. The summed E-state index contributed by atoms with van der Waals surface area (Å²) in [5.41, 5.74) is 4.02. The summed E-state index contributed by atoms with van der Waals surface area (Å²) in [5.74, 6) is 0.742. The van der Waals surface area contributed by atoms with Gasteiger partial charge in [-0.2, -0.15) is 5.10 Å². The molecule has 6 bridgehead atoms. The number of fused-ring (bicyclic) bond motifs is 10. The maximum absolute atomic E-state index is 15.8. The number of hydrogen-bond acceptors (Lipinski definition) is 8. The number of rotatable bonds is 4. The third-order valence-corrected chi connectivity index (χ3v) is 10.3. The first kappa shape index (κ1) is 34.1. The van der Waals surface area contributed by atoms with Crippen molar-refractivity contribution in [3.8, 4) is 23.0 Å². The van der Waals surface area contributed by atoms with Crippen LogP contribution < -0.4 is 4.74 Å². The summed E-state index contributed by atoms with van der Waals surface area (Å²) >= 11 is 0. The van der Waals surface area contributed by atoms with E-state index >= 15 is 4.39 Å². The fourth-order valence-corrected chi connectivity index (χ4v) is 7.13. The van der Waals surface area contributed by atoms with Crippen molar-refractivity contribution < 1.29 is 18.7 Å². The number of ether oxygens (including phenoxy) is 2. The molecule has 12 heteroatoms. The van der Waals surface area contributed by atoms with Crippen molar-refractivity contribution in [3.05, 3.63) is 101 Å². The van der Waals surface area contributed by atoms with Gasteiger partial charge in [0.25, 0.3) is 0 Å². The van der Waals surface area contributed by atoms with Gasteiger partial charge in [0.05, 0.1) is 30.7 Å². The lowest BCUT2D eigenvalue weighted by Crippen LogP contribution is -2.26. The number of aromatic nitrogens is 8. The van der Waals surface area contributed by atoms with Crippen LogP contribution in [0.1, 0.15) is 81.6 Å². The van der Waals surface area contributed by atoms with Gasteiger partial charge in [-0.15, -0.1) is 5.10 Å². The number of hydrogen-bond donors (Lipinski definition) is 1. The molecule has 0 fully saturated rings. The molecule has 6 aromatic rings. The number of methoxy groups -OCH3 is 1. The van der Waals surface area contributed by atoms with Gasteiger partial charge in [-0.3, -0.25) is 9.78 Å². The Balaban J connectivity index is 1.33. The second kappa shape index (κ2) is 13.4. The van der Waals surface area contributed by atoms with E-state index in [4.69, 9.17) is 19.6 Å². The average molecular weight is 691 g/mol. The highest BCUT2D eigenvalue weighted by atomic mass is 19.1. The van der Waals surface area contributed by atoms with Crippen molar-refractivity contribution in [1.29, 1.82) is 0 Å². The van der Waals surface area contributed by atoms with Crippen molar-refractivity contribution in [1.82, 2.24) is 39.7 Å². The summed E-state index contributed by atoms with van der Waals surface area (Å²) in [6, 6.07) is 15.2. The minimum atomic E-state index is -0.561. The van der Waals surface area contributed by atoms with Crippen LogP contribution in [0, 0.1) is 11.7 Å². The Hall–Kier alpha value is -5.39. The van der Waals surface area contributed by atoms with E-state index in [1.165, 1.54) is 13.2 Å². The molecule has 2 aromatic carbocycles. The number of nitrogens with one attached hydrogen (secondary N) is 1. The molecule has 264 valence electrons. The Morgan fingerprint density at radius 3 is 2.76 bits per heavy atom. The van der Waals surface area contributed by atoms with E-state index in [1.807, 2.05) is 38.4 Å². The first-order valence-corrected chi connectivity index (χ1v) is 17.4. The summed E-state index contributed by atoms with van der Waals surface area (Å²) < 4.78 is 30.7. The molecule has 1 aliphatic rings. The van der Waals surface area contributed by atoms with E-state index in [1.54, 1.807) is 33.9 Å². The largest absolute Gasteiger partial charge is 0.469 e. The Bertz CT molecular complexity index is 2220. The highest BCUT2D eigenvalue weighted by Gasteiger charge is 2.35. The number of benzene rings is 2. The van der Waals surface area contributed by atoms with E-state index < -0.39 is 11.2 Å². The second-order valence-electron chi connectivity index (χ2n) is 14.5. The molecule has 7 rings (SSSR count). The number of nitrogens with zero attached hydrogens (tertiary/aromatic N) is 7. The second-order valence-corrected chi connectivity index (χ2v) is 14.5. The number of halogens is 1. The summed E-state index contributed by atoms with van der Waals surface area (Å²) in [5, 5.41) is 14.9. The minimum absolute atomic E-state index is 0.112. The molecule has 51 heavy (non-hydrogen) atoms. The molecular weight excluding hydrogens is 647 g/mol. The molecule has 11 nitrogen and oxygen atoms in total. The number of carbonyl (C=O) groups excluding carboxylic acids is 1. The predicted octanol–water partition coefficient (Wildman–Crippen LogP) is 7.44. The molecular formula is C39H43FN8O3. The molecule has 0 radical (unpaired) electrons. The molecule has 2 atom stereocenters. The monoisotopic (exact) mass is 690 g/mol. The first-order chi connectivity index (χ1) is 24.4. The zero-order valence-corrected chi connectivity index (χ0v) is 29.9. The van der Waals surface area contributed by atoms with Gasteiger partial charge in [-0.1, -0.05) is 63.1 Å². The Morgan fingerprint density at radius 1 is 1.12 bits per heavy atom. The van der Waals surface area contributed by atoms with Gasteiger partial charge in [-0.05, 0) is 49.4 Å². The number of esters is 1. The van der Waals surface area contributed by atoms with Crippen LogP contribution in [0.15, 0.2) is 67.1 Å². The van der Waals surface area contributed by atoms with Crippen LogP contribution in [0.3, 0.4) is 0 Å². The van der Waals surface area contributed by atoms with Gasteiger partial charge >= 0.3 is 5.97 Å². The Labute approximate surface area is 296 Å². The van der Waals surface area contributed by atoms with Crippen molar-refractivity contribution in [3.63, 3.8) is 0 Å². The zero-order valence-electron chi connectivity index (χ0n) is 29.9. The third-order valence-electron chi connectivity index (χ3n) is 10.3. The molecule has 0 saturated carbocycles. The quantitative estimate of drug-likeness (QED) is 0.189. The van der Waals surface area contributed by atoms with Gasteiger partial charge in [0, 0.05) is 59.7 Å². The summed E-state index contributed by atoms with van der Waals surface area (Å²) in [7, 11) is 3.27. The van der Waals surface area contributed by atoms with Crippen LogP contribution in [0.5, 0.6) is 11.5 Å². The van der Waals surface area contributed by atoms with E-state index in [2.05, 4.69) is 53.2 Å². The average Bonchev–Trinajstić information content (AvgIpc) is 3.88. The van der Waals surface area contributed by atoms with Crippen LogP contribution in [0.25, 0.3) is 22.4 Å². The topological polar surface area (TPSA) is 126 Å². The molecule has 1 unspecified atom stereocenters. The predicted molar refractivity (Wildman–Crippen MR) is 191 cm³/mol. The van der Waals surface area contributed by atoms with Gasteiger partial charge in [0.15, 0.2) is 23.2 Å². The van der Waals surface area contributed by atoms with Crippen molar-refractivity contribution in [2.45, 2.75) is 77.2 Å². The van der Waals surface area contributed by atoms with Crippen molar-refractivity contribution >= 4 is 16.9 Å². The molecule has 0 saturated heterocycles. The fraction of sp³-hybridized carbons (Fsp3) is 0.385. The molecule has 0 spiro atoms. The van der Waals surface area contributed by atoms with E-state index in [0.29, 0.717) is 40.6 Å². The number of pyridine rings is 1. The highest BCUT2D eigenvalue weighted by molar-refractivity contribution is 5.85. The van der Waals surface area contributed by atoms with Crippen LogP contribution in [0.2, 0.25) is 0 Å². The van der Waals surface area contributed by atoms with E-state index in [0.717, 1.165) is 47.9 Å². The van der Waals surface area contributed by atoms with Crippen molar-refractivity contribution in [2.75, 3.05) is 7.11 Å². The zero-order chi connectivity index (χ0) is 35.9. The van der Waals surface area contributed by atoms with Gasteiger partial charge < -0.3 is 14.5 Å². The molecule has 4 aromatic heterocycles. The third kappa shape index (κ3) is 6.62. The molecule has 0 amide bonds. The highest BCUT2D eigenvalue weighted by Crippen LogP contribution is 2.40. The van der Waals surface area contributed by atoms with Crippen LogP contribution in [-0.2, 0) is 40.4 Å². The summed E-state index contributed by atoms with van der Waals surface area (Å²) in [6.07, 6.45) is 9.44. The minimum Gasteiger partial charge on any atom is -0.469 e. The summed E-state index contributed by atoms with van der Waals surface area (Å²) in [6.45, 7) is 8.70. The van der Waals surface area contributed by atoms with Crippen LogP contribution in [0.4, 0.5) is 4.39 Å². The lowest BCUT2D eigenvalue weighted by molar-refractivity contribution is -0.144. The maximum atomic E-state index is 15.8. The Kier molecular flexibility index (Phi) is 8.94. The smallest absolute Gasteiger partial charge is 0.308 e. The number of H-pyrrole nitrogens is 1. The molecule has 0 aliphatic carbocycles. The Morgan fingerprint density at radius 2 is 1.94 bits per heavy atom. The lowest BCUT2D eigenvalue weighted by Gasteiger charge is -2.29. The van der Waals surface area contributed by atoms with Crippen LogP contribution in [-0.4, -0.2) is 52.8 Å². The van der Waals surface area contributed by atoms with Crippen molar-refractivity contribution in [2.24, 2.45) is 13.0 Å². The number of aryl methyl sites for hydroxylation is 1. The van der Waals surface area contributed by atoms with Gasteiger partial charge in [-0.25, -0.2) is 18.7 Å². The first-order valence-electron chi connectivity index (χ1n) is 17.4. The standard InChI is InChI=1S/C39H43FN8O3/c1-24(36(49)50-6)18-25-10-9-11-26(19-25)39(4)15-8-7-14-38(2,3)33-23-48(46-44-33)22-29-28-13-17-41-31(28)21-30(40)34(29)51-27-12-16-42-32(20-27)35-43-37(39)45-47(35)5/h9-13,16-17,19-21,23-24,41H,7-8,14-15,18,22H2,1-6H3/t24-,39?/m0/s1. The maximum Gasteiger partial charge on any atom is 0.308 e. The fourth-order valence-electron chi connectivity index (χ4n) is 7.13. The van der Waals surface area contributed by atoms with Crippen LogP contribution >= 0.6 is 0 Å². The number of carbonyl (C=O) groups is 1. The normalized spacial score (nSPS) is 18.2. The van der Waals surface area contributed by atoms with Gasteiger partial charge in [0.2, 0.25) is 0 Å². The number of aromatic amines is 1. The van der Waals surface area contributed by atoms with Gasteiger partial charge in [0.1, 0.15) is 11.4 Å². The molecule has 1 aliphatic heterocycles. The van der Waals surface area contributed by atoms with E-state index in [9.17, 15) is 4.79 Å². The summed E-state index contributed by atoms with van der Waals surface area (Å²) in [4.78, 5) is 25.1. The SMILES string of the molecule is COC(=O)[C@@H](C)Cc1cccc(C2(C)CCCCC(C)(C)c3cn(nn3)Cc3c(c(F)cc4[nH]ccc34)Oc3ccnc(c3)-c3nc2nn3C)c1.